The van der Waals surface area contributed by atoms with Crippen molar-refractivity contribution in [3.8, 4) is 0 Å². The van der Waals surface area contributed by atoms with E-state index in [1.807, 2.05) is 0 Å². The van der Waals surface area contributed by atoms with Crippen LogP contribution >= 0.6 is 8.07 Å². The molecular formula is C26H33N2OP. The van der Waals surface area contributed by atoms with Crippen molar-refractivity contribution in [3.63, 3.8) is 0 Å². The van der Waals surface area contributed by atoms with Crippen LogP contribution in [0.15, 0.2) is 53.5 Å². The molecular weight excluding hydrogens is 387 g/mol. The number of hydrogen-bond donors (Lipinski definition) is 0. The first-order chi connectivity index (χ1) is 14.5. The summed E-state index contributed by atoms with van der Waals surface area (Å²) in [5.74, 6) is 2.23. The lowest BCUT2D eigenvalue weighted by Gasteiger charge is -2.40. The number of aryl methyl sites for hydroxylation is 2. The number of fused-ring (bicyclic) bond motifs is 2. The number of benzene rings is 2. The van der Waals surface area contributed by atoms with Crippen LogP contribution in [0, 0.1) is 25.7 Å². The fourth-order valence-corrected chi connectivity index (χ4v) is 8.03. The minimum Gasteiger partial charge on any atom is -0.478 e. The molecule has 2 aromatic rings. The van der Waals surface area contributed by atoms with Crippen molar-refractivity contribution >= 4 is 24.6 Å². The summed E-state index contributed by atoms with van der Waals surface area (Å²) in [5.41, 5.74) is 2.64. The van der Waals surface area contributed by atoms with Crippen molar-refractivity contribution < 1.29 is 4.74 Å². The Morgan fingerprint density at radius 3 is 2.07 bits per heavy atom. The Balaban J connectivity index is 1.57. The number of hydrogen-bond acceptors (Lipinski definition) is 3. The molecule has 4 atom stereocenters. The van der Waals surface area contributed by atoms with E-state index in [1.165, 1.54) is 41.0 Å². The van der Waals surface area contributed by atoms with E-state index < -0.39 is 8.07 Å². The summed E-state index contributed by atoms with van der Waals surface area (Å²) >= 11 is 0. The Labute approximate surface area is 182 Å². The van der Waals surface area contributed by atoms with Gasteiger partial charge in [0.25, 0.3) is 0 Å². The summed E-state index contributed by atoms with van der Waals surface area (Å²) < 4.78 is 9.09. The van der Waals surface area contributed by atoms with Gasteiger partial charge < -0.3 is 4.74 Å². The maximum Gasteiger partial charge on any atom is 0.202 e. The first-order valence-electron chi connectivity index (χ1n) is 11.4. The Bertz CT molecular complexity index is 876. The largest absolute Gasteiger partial charge is 0.478 e. The van der Waals surface area contributed by atoms with Gasteiger partial charge in [-0.3, -0.25) is 4.67 Å². The minimum atomic E-state index is -0.604. The quantitative estimate of drug-likeness (QED) is 0.639. The van der Waals surface area contributed by atoms with E-state index in [1.54, 1.807) is 0 Å². The zero-order valence-electron chi connectivity index (χ0n) is 18.6. The average molecular weight is 421 g/mol. The molecule has 30 heavy (non-hydrogen) atoms. The van der Waals surface area contributed by atoms with E-state index >= 15 is 0 Å². The lowest BCUT2D eigenvalue weighted by atomic mass is 10.00. The normalized spacial score (nSPS) is 28.4. The second-order valence-corrected chi connectivity index (χ2v) is 11.7. The van der Waals surface area contributed by atoms with Gasteiger partial charge in [0.2, 0.25) is 5.90 Å². The molecule has 3 aliphatic rings. The third kappa shape index (κ3) is 3.61. The van der Waals surface area contributed by atoms with Gasteiger partial charge in [-0.15, -0.1) is 0 Å². The molecule has 0 unspecified atom stereocenters. The van der Waals surface area contributed by atoms with Gasteiger partial charge in [0, 0.05) is 14.1 Å². The molecule has 3 nitrogen and oxygen atoms in total. The molecule has 158 valence electrons. The molecule has 1 saturated heterocycles. The second-order valence-electron chi connectivity index (χ2n) is 9.62. The first-order valence-corrected chi connectivity index (χ1v) is 12.7. The molecule has 4 heteroatoms. The van der Waals surface area contributed by atoms with Gasteiger partial charge in [-0.2, -0.15) is 0 Å². The predicted octanol–water partition coefficient (Wildman–Crippen LogP) is 4.96. The highest BCUT2D eigenvalue weighted by atomic mass is 31.1. The molecule has 2 aromatic carbocycles. The van der Waals surface area contributed by atoms with Crippen LogP contribution < -0.4 is 10.6 Å². The summed E-state index contributed by atoms with van der Waals surface area (Å²) in [5, 5.41) is 2.88. The van der Waals surface area contributed by atoms with Gasteiger partial charge in [0.05, 0.1) is 12.1 Å². The molecule has 0 aromatic heterocycles. The molecule has 0 spiro atoms. The zero-order chi connectivity index (χ0) is 20.8. The van der Waals surface area contributed by atoms with Crippen LogP contribution in [-0.2, 0) is 4.74 Å². The molecule has 2 bridgehead atoms. The van der Waals surface area contributed by atoms with Crippen LogP contribution in [0.2, 0.25) is 0 Å². The Kier molecular flexibility index (Phi) is 5.45. The van der Waals surface area contributed by atoms with E-state index in [2.05, 4.69) is 80.9 Å². The van der Waals surface area contributed by atoms with Crippen LogP contribution in [0.1, 0.15) is 44.2 Å². The van der Waals surface area contributed by atoms with E-state index in [4.69, 9.17) is 9.73 Å². The van der Waals surface area contributed by atoms with E-state index in [9.17, 15) is 0 Å². The van der Waals surface area contributed by atoms with Gasteiger partial charge in [0.1, 0.15) is 6.61 Å². The van der Waals surface area contributed by atoms with Gasteiger partial charge in [-0.05, 0) is 55.6 Å². The molecule has 1 saturated carbocycles. The number of ether oxygens (including phenoxy) is 1. The maximum absolute atomic E-state index is 6.27. The second kappa shape index (κ2) is 8.09. The number of aliphatic imine (C=N–C) groups is 1. The van der Waals surface area contributed by atoms with Crippen molar-refractivity contribution in [1.82, 2.24) is 4.67 Å². The molecule has 0 radical (unpaired) electrons. The lowest BCUT2D eigenvalue weighted by molar-refractivity contribution is 0.241. The molecule has 2 aliphatic heterocycles. The van der Waals surface area contributed by atoms with E-state index in [0.717, 1.165) is 12.5 Å². The smallest absolute Gasteiger partial charge is 0.202 e. The number of nitrogens with zero attached hydrogens (tertiary/aromatic N) is 2. The fraction of sp³-hybridized carbons (Fsp3) is 0.500. The van der Waals surface area contributed by atoms with E-state index in [-0.39, 0.29) is 0 Å². The van der Waals surface area contributed by atoms with Crippen LogP contribution in [-0.4, -0.2) is 35.3 Å². The van der Waals surface area contributed by atoms with Crippen LogP contribution in [0.3, 0.4) is 0 Å². The highest BCUT2D eigenvalue weighted by Gasteiger charge is 2.53. The molecule has 1 aliphatic carbocycles. The van der Waals surface area contributed by atoms with Gasteiger partial charge in [0.15, 0.2) is 0 Å². The maximum atomic E-state index is 6.27. The standard InChI is InChI=1S/C26H33N2OP/c1-17(2)24-16-29-26(27-24)25-20-9-10-21(15-20)28(25)30(22-11-5-18(3)6-12-22)23-13-7-19(4)8-14-23/h5-8,11-14,17,20-21,24-25H,9-10,15-16H2,1-4H3/t20-,21+,24-,25-/m1/s1. The number of rotatable bonds is 5. The van der Waals surface area contributed by atoms with Crippen molar-refractivity contribution in [2.45, 2.75) is 65.1 Å². The van der Waals surface area contributed by atoms with Crippen LogP contribution in [0.4, 0.5) is 0 Å². The topological polar surface area (TPSA) is 24.8 Å². The number of piperidine rings is 1. The first kappa shape index (κ1) is 20.2. The summed E-state index contributed by atoms with van der Waals surface area (Å²) in [6.45, 7) is 9.61. The van der Waals surface area contributed by atoms with Crippen molar-refractivity contribution in [1.29, 1.82) is 0 Å². The highest BCUT2D eigenvalue weighted by Crippen LogP contribution is 2.55. The molecule has 5 rings (SSSR count). The summed E-state index contributed by atoms with van der Waals surface area (Å²) in [7, 11) is -0.604. The molecule has 0 N–H and O–H groups in total. The summed E-state index contributed by atoms with van der Waals surface area (Å²) in [4.78, 5) is 5.10. The lowest BCUT2D eigenvalue weighted by Crippen LogP contribution is -2.46. The van der Waals surface area contributed by atoms with Crippen LogP contribution in [0.5, 0.6) is 0 Å². The zero-order valence-corrected chi connectivity index (χ0v) is 19.5. The summed E-state index contributed by atoms with van der Waals surface area (Å²) in [6.07, 6.45) is 3.90. The monoisotopic (exact) mass is 420 g/mol. The molecule has 0 amide bonds. The predicted molar refractivity (Wildman–Crippen MR) is 127 cm³/mol. The van der Waals surface area contributed by atoms with E-state index in [0.29, 0.717) is 30.0 Å². The Morgan fingerprint density at radius 2 is 1.53 bits per heavy atom. The third-order valence-electron chi connectivity index (χ3n) is 7.06. The van der Waals surface area contributed by atoms with Gasteiger partial charge in [-0.1, -0.05) is 73.5 Å². The van der Waals surface area contributed by atoms with Gasteiger partial charge >= 0.3 is 0 Å². The minimum absolute atomic E-state index is 0.311. The summed E-state index contributed by atoms with van der Waals surface area (Å²) in [6, 6.07) is 19.7. The fourth-order valence-electron chi connectivity index (χ4n) is 5.26. The van der Waals surface area contributed by atoms with Crippen LogP contribution in [0.25, 0.3) is 0 Å². The average Bonchev–Trinajstić information content (AvgIpc) is 3.47. The highest BCUT2D eigenvalue weighted by molar-refractivity contribution is 7.70. The van der Waals surface area contributed by atoms with Crippen molar-refractivity contribution in [2.24, 2.45) is 16.8 Å². The molecule has 2 fully saturated rings. The molecule has 2 heterocycles. The van der Waals surface area contributed by atoms with Gasteiger partial charge in [-0.25, -0.2) is 4.99 Å². The van der Waals surface area contributed by atoms with Crippen molar-refractivity contribution in [2.75, 3.05) is 6.61 Å². The SMILES string of the molecule is Cc1ccc(P(c2ccc(C)cc2)N2[C@H]3CC[C@H](C3)[C@@H]2C2=N[C@@H](C(C)C)CO2)cc1. The van der Waals surface area contributed by atoms with Crippen molar-refractivity contribution in [3.05, 3.63) is 59.7 Å². The third-order valence-corrected chi connectivity index (χ3v) is 9.67. The Morgan fingerprint density at radius 1 is 0.933 bits per heavy atom. The Hall–Kier alpha value is -1.70.